The van der Waals surface area contributed by atoms with E-state index in [4.69, 9.17) is 5.73 Å². The number of nitrogens with one attached hydrogen (secondary N) is 1. The number of anilines is 1. The highest BCUT2D eigenvalue weighted by Gasteiger charge is 2.09. The molecule has 1 rings (SSSR count). The molecule has 1 aromatic carbocycles. The summed E-state index contributed by atoms with van der Waals surface area (Å²) in [5, 5.41) is 2.74. The Hall–Kier alpha value is -0.870. The monoisotopic (exact) mass is 256 g/mol. The summed E-state index contributed by atoms with van der Waals surface area (Å²) in [6.07, 6.45) is 0. The second-order valence-electron chi connectivity index (χ2n) is 3.26. The lowest BCUT2D eigenvalue weighted by atomic mass is 10.2. The molecule has 0 spiro atoms. The lowest BCUT2D eigenvalue weighted by Gasteiger charge is -2.10. The van der Waals surface area contributed by atoms with Gasteiger partial charge in [0, 0.05) is 4.47 Å². The van der Waals surface area contributed by atoms with Gasteiger partial charge in [0.15, 0.2) is 0 Å². The second kappa shape index (κ2) is 4.57. The van der Waals surface area contributed by atoms with Crippen LogP contribution < -0.4 is 11.1 Å². The van der Waals surface area contributed by atoms with Crippen molar-refractivity contribution in [1.82, 2.24) is 0 Å². The molecule has 3 nitrogen and oxygen atoms in total. The van der Waals surface area contributed by atoms with Crippen LogP contribution in [-0.2, 0) is 4.79 Å². The minimum absolute atomic E-state index is 0.184. The van der Waals surface area contributed by atoms with Crippen molar-refractivity contribution in [3.05, 3.63) is 28.2 Å². The van der Waals surface area contributed by atoms with Gasteiger partial charge in [0.1, 0.15) is 0 Å². The van der Waals surface area contributed by atoms with Gasteiger partial charge in [-0.1, -0.05) is 6.07 Å². The Morgan fingerprint density at radius 3 is 2.79 bits per heavy atom. The van der Waals surface area contributed by atoms with Crippen LogP contribution in [0.3, 0.4) is 0 Å². The van der Waals surface area contributed by atoms with Gasteiger partial charge in [0.25, 0.3) is 0 Å². The van der Waals surface area contributed by atoms with Crippen molar-refractivity contribution in [3.63, 3.8) is 0 Å². The van der Waals surface area contributed by atoms with E-state index in [9.17, 15) is 4.79 Å². The molecule has 0 aliphatic heterocycles. The smallest absolute Gasteiger partial charge is 0.241 e. The molecule has 1 atom stereocenters. The summed E-state index contributed by atoms with van der Waals surface area (Å²) < 4.78 is 0.858. The Kier molecular flexibility index (Phi) is 3.66. The maximum Gasteiger partial charge on any atom is 0.241 e. The number of hydrogen-bond donors (Lipinski definition) is 2. The van der Waals surface area contributed by atoms with Crippen LogP contribution in [0.15, 0.2) is 22.7 Å². The normalized spacial score (nSPS) is 12.3. The highest BCUT2D eigenvalue weighted by Crippen LogP contribution is 2.23. The molecule has 0 aliphatic rings. The molecule has 14 heavy (non-hydrogen) atoms. The zero-order valence-electron chi connectivity index (χ0n) is 8.17. The molecule has 0 bridgehead atoms. The third-order valence-corrected chi connectivity index (χ3v) is 2.48. The molecular formula is C10H13BrN2O. The van der Waals surface area contributed by atoms with Crippen LogP contribution in [0.25, 0.3) is 0 Å². The molecule has 0 saturated heterocycles. The topological polar surface area (TPSA) is 55.1 Å². The van der Waals surface area contributed by atoms with E-state index >= 15 is 0 Å². The fourth-order valence-electron chi connectivity index (χ4n) is 0.981. The Morgan fingerprint density at radius 2 is 2.21 bits per heavy atom. The number of hydrogen-bond acceptors (Lipinski definition) is 2. The van der Waals surface area contributed by atoms with Crippen molar-refractivity contribution in [2.75, 3.05) is 5.32 Å². The molecule has 0 saturated carbocycles. The number of nitrogens with two attached hydrogens (primary N) is 1. The zero-order chi connectivity index (χ0) is 10.7. The average molecular weight is 257 g/mol. The van der Waals surface area contributed by atoms with Crippen LogP contribution in [0.1, 0.15) is 12.5 Å². The third kappa shape index (κ3) is 2.82. The summed E-state index contributed by atoms with van der Waals surface area (Å²) in [6, 6.07) is 5.25. The maximum absolute atomic E-state index is 11.3. The summed E-state index contributed by atoms with van der Waals surface area (Å²) in [4.78, 5) is 11.3. The Bertz CT molecular complexity index is 350. The highest BCUT2D eigenvalue weighted by molar-refractivity contribution is 9.10. The summed E-state index contributed by atoms with van der Waals surface area (Å²) in [5.41, 5.74) is 7.29. The molecule has 0 unspecified atom stereocenters. The molecule has 1 aromatic rings. The number of aryl methyl sites for hydroxylation is 1. The Morgan fingerprint density at radius 1 is 1.57 bits per heavy atom. The quantitative estimate of drug-likeness (QED) is 0.851. The van der Waals surface area contributed by atoms with E-state index in [1.54, 1.807) is 6.92 Å². The molecule has 0 fully saturated rings. The first kappa shape index (κ1) is 11.2. The third-order valence-electron chi connectivity index (χ3n) is 1.79. The molecular weight excluding hydrogens is 244 g/mol. The summed E-state index contributed by atoms with van der Waals surface area (Å²) >= 11 is 3.35. The van der Waals surface area contributed by atoms with Gasteiger partial charge in [-0.15, -0.1) is 0 Å². The van der Waals surface area contributed by atoms with Crippen molar-refractivity contribution >= 4 is 27.5 Å². The van der Waals surface area contributed by atoms with Crippen LogP contribution in [0.5, 0.6) is 0 Å². The first-order chi connectivity index (χ1) is 6.50. The average Bonchev–Trinajstić information content (AvgIpc) is 2.11. The summed E-state index contributed by atoms with van der Waals surface area (Å²) in [6.45, 7) is 3.62. The number of benzene rings is 1. The minimum Gasteiger partial charge on any atom is -0.324 e. The van der Waals surface area contributed by atoms with Gasteiger partial charge in [-0.3, -0.25) is 4.79 Å². The van der Waals surface area contributed by atoms with Crippen LogP contribution >= 0.6 is 15.9 Å². The van der Waals surface area contributed by atoms with Gasteiger partial charge in [-0.05, 0) is 47.5 Å². The molecule has 0 heterocycles. The number of carbonyl (C=O) groups is 1. The lowest BCUT2D eigenvalue weighted by Crippen LogP contribution is -2.32. The van der Waals surface area contributed by atoms with Gasteiger partial charge < -0.3 is 11.1 Å². The molecule has 3 N–H and O–H groups in total. The number of carbonyl (C=O) groups excluding carboxylic acids is 1. The number of rotatable bonds is 2. The van der Waals surface area contributed by atoms with Crippen LogP contribution in [-0.4, -0.2) is 11.9 Å². The van der Waals surface area contributed by atoms with Crippen LogP contribution in [0.2, 0.25) is 0 Å². The van der Waals surface area contributed by atoms with Crippen molar-refractivity contribution in [1.29, 1.82) is 0 Å². The SMILES string of the molecule is Cc1ccc(Br)c(NC(=O)[C@H](C)N)c1. The van der Waals surface area contributed by atoms with E-state index < -0.39 is 6.04 Å². The molecule has 0 radical (unpaired) electrons. The van der Waals surface area contributed by atoms with Crippen molar-refractivity contribution in [2.24, 2.45) is 5.73 Å². The van der Waals surface area contributed by atoms with Crippen molar-refractivity contribution < 1.29 is 4.79 Å². The number of amides is 1. The van der Waals surface area contributed by atoms with Gasteiger partial charge in [0.2, 0.25) is 5.91 Å². The van der Waals surface area contributed by atoms with Crippen LogP contribution in [0.4, 0.5) is 5.69 Å². The Balaban J connectivity index is 2.86. The fourth-order valence-corrected chi connectivity index (χ4v) is 1.33. The maximum atomic E-state index is 11.3. The van der Waals surface area contributed by atoms with E-state index in [-0.39, 0.29) is 5.91 Å². The van der Waals surface area contributed by atoms with E-state index in [0.29, 0.717) is 0 Å². The molecule has 0 aliphatic carbocycles. The van der Waals surface area contributed by atoms with Crippen molar-refractivity contribution in [2.45, 2.75) is 19.9 Å². The summed E-state index contributed by atoms with van der Waals surface area (Å²) in [7, 11) is 0. The van der Waals surface area contributed by atoms with Gasteiger partial charge in [-0.2, -0.15) is 0 Å². The molecule has 76 valence electrons. The largest absolute Gasteiger partial charge is 0.324 e. The first-order valence-corrected chi connectivity index (χ1v) is 5.12. The van der Waals surface area contributed by atoms with Crippen LogP contribution in [0, 0.1) is 6.92 Å². The molecule has 1 amide bonds. The zero-order valence-corrected chi connectivity index (χ0v) is 9.76. The van der Waals surface area contributed by atoms with E-state index in [2.05, 4.69) is 21.2 Å². The predicted molar refractivity (Wildman–Crippen MR) is 61.2 cm³/mol. The Labute approximate surface area is 91.8 Å². The van der Waals surface area contributed by atoms with E-state index in [1.165, 1.54) is 0 Å². The minimum atomic E-state index is -0.498. The standard InChI is InChI=1S/C10H13BrN2O/c1-6-3-4-8(11)9(5-6)13-10(14)7(2)12/h3-5,7H,12H2,1-2H3,(H,13,14)/t7-/m0/s1. The summed E-state index contributed by atoms with van der Waals surface area (Å²) in [5.74, 6) is -0.184. The first-order valence-electron chi connectivity index (χ1n) is 4.33. The lowest BCUT2D eigenvalue weighted by molar-refractivity contribution is -0.117. The predicted octanol–water partition coefficient (Wildman–Crippen LogP) is 2.04. The molecule has 0 aromatic heterocycles. The van der Waals surface area contributed by atoms with E-state index in [1.807, 2.05) is 25.1 Å². The fraction of sp³-hybridized carbons (Fsp3) is 0.300. The van der Waals surface area contributed by atoms with Crippen molar-refractivity contribution in [3.8, 4) is 0 Å². The van der Waals surface area contributed by atoms with Gasteiger partial charge >= 0.3 is 0 Å². The second-order valence-corrected chi connectivity index (χ2v) is 4.12. The van der Waals surface area contributed by atoms with Gasteiger partial charge in [0.05, 0.1) is 11.7 Å². The number of halogens is 1. The van der Waals surface area contributed by atoms with Gasteiger partial charge in [-0.25, -0.2) is 0 Å². The molecule has 4 heteroatoms. The highest BCUT2D eigenvalue weighted by atomic mass is 79.9. The van der Waals surface area contributed by atoms with E-state index in [0.717, 1.165) is 15.7 Å².